The van der Waals surface area contributed by atoms with Crippen molar-refractivity contribution in [1.29, 1.82) is 0 Å². The van der Waals surface area contributed by atoms with Gasteiger partial charge in [0.15, 0.2) is 5.82 Å². The van der Waals surface area contributed by atoms with Crippen molar-refractivity contribution in [2.24, 2.45) is 7.05 Å². The maximum Gasteiger partial charge on any atom is 0.247 e. The molecule has 0 radical (unpaired) electrons. The topological polar surface area (TPSA) is 76.7 Å². The van der Waals surface area contributed by atoms with Crippen LogP contribution in [0.4, 0.5) is 17.3 Å². The summed E-state index contributed by atoms with van der Waals surface area (Å²) in [6, 6.07) is 12.2. The van der Waals surface area contributed by atoms with Crippen LogP contribution in [0, 0.1) is 0 Å². The van der Waals surface area contributed by atoms with E-state index in [4.69, 9.17) is 0 Å². The highest BCUT2D eigenvalue weighted by Gasteiger charge is 2.17. The Bertz CT molecular complexity index is 1120. The third kappa shape index (κ3) is 3.11. The second kappa shape index (κ2) is 6.66. The van der Waals surface area contributed by atoms with E-state index in [1.807, 2.05) is 56.1 Å². The number of rotatable bonds is 4. The van der Waals surface area contributed by atoms with Crippen LogP contribution in [0.15, 0.2) is 67.4 Å². The number of nitrogens with one attached hydrogen (secondary N) is 1. The Hall–Kier alpha value is -3.94. The smallest absolute Gasteiger partial charge is 0.247 e. The quantitative estimate of drug-likeness (QED) is 0.594. The van der Waals surface area contributed by atoms with E-state index in [-0.39, 0.29) is 0 Å². The summed E-state index contributed by atoms with van der Waals surface area (Å²) in [5, 5.41) is 12.0. The molecule has 0 saturated carbocycles. The van der Waals surface area contributed by atoms with Crippen molar-refractivity contribution in [3.63, 3.8) is 0 Å². The molecule has 0 unspecified atom stereocenters. The lowest BCUT2D eigenvalue weighted by atomic mass is 10.1. The van der Waals surface area contributed by atoms with Crippen LogP contribution in [0.5, 0.6) is 0 Å². The molecule has 4 aromatic rings. The molecule has 5 rings (SSSR count). The highest BCUT2D eigenvalue weighted by molar-refractivity contribution is 5.66. The number of hydrogen-bond acceptors (Lipinski definition) is 6. The first-order chi connectivity index (χ1) is 13.7. The molecule has 138 valence electrons. The van der Waals surface area contributed by atoms with E-state index in [9.17, 15) is 0 Å². The van der Waals surface area contributed by atoms with Gasteiger partial charge in [-0.05, 0) is 35.4 Å². The molecule has 28 heavy (non-hydrogen) atoms. The first kappa shape index (κ1) is 16.2. The summed E-state index contributed by atoms with van der Waals surface area (Å²) in [5.41, 5.74) is 4.24. The van der Waals surface area contributed by atoms with Crippen molar-refractivity contribution >= 4 is 23.5 Å². The standard InChI is InChI=1S/C20H18N8/c1-26-13-18(12-22-26)27-10-11-28-19(14-27)24-20(25-28)23-17-4-2-15(3-5-17)16-6-8-21-9-7-16/h2-13H,14H2,1H3,(H,23,25). The van der Waals surface area contributed by atoms with Crippen LogP contribution in [0.25, 0.3) is 17.3 Å². The van der Waals surface area contributed by atoms with Crippen molar-refractivity contribution < 1.29 is 0 Å². The number of fused-ring (bicyclic) bond motifs is 1. The van der Waals surface area contributed by atoms with Crippen molar-refractivity contribution in [1.82, 2.24) is 29.5 Å². The fourth-order valence-electron chi connectivity index (χ4n) is 3.14. The minimum Gasteiger partial charge on any atom is -0.336 e. The summed E-state index contributed by atoms with van der Waals surface area (Å²) in [6.45, 7) is 0.637. The van der Waals surface area contributed by atoms with E-state index in [2.05, 4.69) is 42.5 Å². The van der Waals surface area contributed by atoms with Gasteiger partial charge >= 0.3 is 0 Å². The van der Waals surface area contributed by atoms with E-state index in [1.54, 1.807) is 21.8 Å². The van der Waals surface area contributed by atoms with E-state index >= 15 is 0 Å². The lowest BCUT2D eigenvalue weighted by Gasteiger charge is -2.20. The van der Waals surface area contributed by atoms with Crippen molar-refractivity contribution in [3.8, 4) is 11.1 Å². The normalized spacial score (nSPS) is 12.8. The third-order valence-electron chi connectivity index (χ3n) is 4.58. The summed E-state index contributed by atoms with van der Waals surface area (Å²) >= 11 is 0. The monoisotopic (exact) mass is 370 g/mol. The van der Waals surface area contributed by atoms with Crippen LogP contribution in [0.1, 0.15) is 5.82 Å². The number of hydrogen-bond donors (Lipinski definition) is 1. The molecule has 0 spiro atoms. The highest BCUT2D eigenvalue weighted by Crippen LogP contribution is 2.24. The summed E-state index contributed by atoms with van der Waals surface area (Å²) in [6.07, 6.45) is 11.3. The third-order valence-corrected chi connectivity index (χ3v) is 4.58. The molecule has 1 N–H and O–H groups in total. The first-order valence-electron chi connectivity index (χ1n) is 8.91. The lowest BCUT2D eigenvalue weighted by Crippen LogP contribution is -2.21. The number of pyridine rings is 1. The second-order valence-electron chi connectivity index (χ2n) is 6.53. The zero-order chi connectivity index (χ0) is 18.9. The van der Waals surface area contributed by atoms with Gasteiger partial charge in [-0.3, -0.25) is 9.67 Å². The van der Waals surface area contributed by atoms with E-state index in [1.165, 1.54) is 0 Å². The fraction of sp³-hybridized carbons (Fsp3) is 0.100. The molecule has 0 saturated heterocycles. The van der Waals surface area contributed by atoms with Crippen molar-refractivity contribution in [2.75, 3.05) is 10.2 Å². The van der Waals surface area contributed by atoms with Crippen molar-refractivity contribution in [3.05, 3.63) is 73.2 Å². The Kier molecular flexibility index (Phi) is 3.86. The van der Waals surface area contributed by atoms with Gasteiger partial charge in [0.05, 0.1) is 18.4 Å². The van der Waals surface area contributed by atoms with E-state index < -0.39 is 0 Å². The average molecular weight is 370 g/mol. The van der Waals surface area contributed by atoms with Gasteiger partial charge in [-0.25, -0.2) is 4.68 Å². The molecule has 1 aromatic carbocycles. The second-order valence-corrected chi connectivity index (χ2v) is 6.53. The Balaban J connectivity index is 1.31. The molecule has 0 bridgehead atoms. The average Bonchev–Trinajstić information content (AvgIpc) is 3.34. The molecule has 1 aliphatic rings. The zero-order valence-corrected chi connectivity index (χ0v) is 15.3. The molecule has 4 heterocycles. The summed E-state index contributed by atoms with van der Waals surface area (Å²) in [4.78, 5) is 10.8. The lowest BCUT2D eigenvalue weighted by molar-refractivity contribution is 0.763. The molecular weight excluding hydrogens is 352 g/mol. The molecule has 3 aromatic heterocycles. The van der Waals surface area contributed by atoms with Crippen LogP contribution in [0.2, 0.25) is 0 Å². The Morgan fingerprint density at radius 1 is 0.964 bits per heavy atom. The van der Waals surface area contributed by atoms with E-state index in [0.29, 0.717) is 12.5 Å². The Labute approximate surface area is 161 Å². The predicted octanol–water partition coefficient (Wildman–Crippen LogP) is 3.27. The van der Waals surface area contributed by atoms with Crippen LogP contribution in [0.3, 0.4) is 0 Å². The van der Waals surface area contributed by atoms with Gasteiger partial charge < -0.3 is 10.2 Å². The molecule has 1 aliphatic heterocycles. The summed E-state index contributed by atoms with van der Waals surface area (Å²) in [7, 11) is 1.90. The number of aromatic nitrogens is 6. The summed E-state index contributed by atoms with van der Waals surface area (Å²) < 4.78 is 3.58. The Morgan fingerprint density at radius 3 is 2.50 bits per heavy atom. The van der Waals surface area contributed by atoms with Gasteiger partial charge in [-0.2, -0.15) is 10.1 Å². The van der Waals surface area contributed by atoms with E-state index in [0.717, 1.165) is 28.3 Å². The largest absolute Gasteiger partial charge is 0.336 e. The van der Waals surface area contributed by atoms with Crippen LogP contribution in [-0.2, 0) is 13.6 Å². The predicted molar refractivity (Wildman–Crippen MR) is 108 cm³/mol. The number of benzene rings is 1. The first-order valence-corrected chi connectivity index (χ1v) is 8.91. The van der Waals surface area contributed by atoms with Gasteiger partial charge in [0.2, 0.25) is 5.95 Å². The molecule has 0 fully saturated rings. The molecule has 0 atom stereocenters. The van der Waals surface area contributed by atoms with Crippen LogP contribution < -0.4 is 10.2 Å². The number of aryl methyl sites for hydroxylation is 1. The number of nitrogens with zero attached hydrogens (tertiary/aromatic N) is 7. The van der Waals surface area contributed by atoms with Gasteiger partial charge in [0.25, 0.3) is 0 Å². The summed E-state index contributed by atoms with van der Waals surface area (Å²) in [5.74, 6) is 1.44. The van der Waals surface area contributed by atoms with Crippen molar-refractivity contribution in [2.45, 2.75) is 6.54 Å². The van der Waals surface area contributed by atoms with Gasteiger partial charge in [0, 0.05) is 43.7 Å². The SMILES string of the molecule is Cn1cc(N2C=Cn3nc(Nc4ccc(-c5ccncc5)cc4)nc3C2)cn1. The van der Waals surface area contributed by atoms with Crippen LogP contribution in [-0.4, -0.2) is 29.5 Å². The van der Waals surface area contributed by atoms with Gasteiger partial charge in [0.1, 0.15) is 0 Å². The van der Waals surface area contributed by atoms with Crippen LogP contribution >= 0.6 is 0 Å². The molecule has 8 nitrogen and oxygen atoms in total. The highest BCUT2D eigenvalue weighted by atomic mass is 15.4. The minimum absolute atomic E-state index is 0.573. The molecule has 0 aliphatic carbocycles. The zero-order valence-electron chi connectivity index (χ0n) is 15.3. The molecular formula is C20H18N8. The minimum atomic E-state index is 0.573. The maximum atomic E-state index is 4.62. The van der Waals surface area contributed by atoms with Gasteiger partial charge in [-0.1, -0.05) is 12.1 Å². The number of anilines is 3. The maximum absolute atomic E-state index is 4.62. The fourth-order valence-corrected chi connectivity index (χ4v) is 3.14. The molecule has 0 amide bonds. The molecule has 8 heteroatoms. The van der Waals surface area contributed by atoms with Gasteiger partial charge in [-0.15, -0.1) is 5.10 Å². The Morgan fingerprint density at radius 2 is 1.75 bits per heavy atom.